The Hall–Kier alpha value is -1.06. The second-order valence-electron chi connectivity index (χ2n) is 4.66. The number of aryl methyl sites for hydroxylation is 1. The van der Waals surface area contributed by atoms with Crippen molar-refractivity contribution in [2.45, 2.75) is 46.3 Å². The third kappa shape index (κ3) is 4.22. The van der Waals surface area contributed by atoms with Gasteiger partial charge >= 0.3 is 0 Å². The molecule has 3 heteroatoms. The maximum Gasteiger partial charge on any atom is 0.119 e. The molecule has 1 N–H and O–H groups in total. The zero-order chi connectivity index (χ0) is 14.3. The van der Waals surface area contributed by atoms with Crippen molar-refractivity contribution in [1.82, 2.24) is 5.32 Å². The molecule has 0 fully saturated rings. The molecule has 0 heterocycles. The van der Waals surface area contributed by atoms with Gasteiger partial charge < -0.3 is 14.8 Å². The second-order valence-corrected chi connectivity index (χ2v) is 4.66. The van der Waals surface area contributed by atoms with Crippen molar-refractivity contribution in [2.75, 3.05) is 20.3 Å². The first kappa shape index (κ1) is 16.0. The van der Waals surface area contributed by atoms with Crippen molar-refractivity contribution in [3.05, 3.63) is 29.3 Å². The molecular formula is C16H27NO2. The van der Waals surface area contributed by atoms with Crippen LogP contribution in [0, 0.1) is 6.92 Å². The molecule has 0 aliphatic rings. The highest BCUT2D eigenvalue weighted by Gasteiger charge is 2.22. The molecule has 0 radical (unpaired) electrons. The van der Waals surface area contributed by atoms with Gasteiger partial charge in [-0.25, -0.2) is 0 Å². The van der Waals surface area contributed by atoms with Gasteiger partial charge in [0.2, 0.25) is 0 Å². The Morgan fingerprint density at radius 1 is 1.21 bits per heavy atom. The minimum Gasteiger partial charge on any atom is -0.497 e. The van der Waals surface area contributed by atoms with E-state index < -0.39 is 0 Å². The number of ether oxygens (including phenoxy) is 2. The summed E-state index contributed by atoms with van der Waals surface area (Å²) in [5, 5.41) is 3.55. The average Bonchev–Trinajstić information content (AvgIpc) is 2.43. The van der Waals surface area contributed by atoms with Gasteiger partial charge in [-0.3, -0.25) is 0 Å². The Morgan fingerprint density at radius 2 is 1.95 bits per heavy atom. The van der Waals surface area contributed by atoms with E-state index in [1.165, 1.54) is 11.1 Å². The Morgan fingerprint density at radius 3 is 2.42 bits per heavy atom. The molecule has 1 aromatic carbocycles. The number of rotatable bonds is 8. The third-order valence-electron chi connectivity index (χ3n) is 3.39. The SMILES string of the molecule is CCNC(c1ccc(OC)cc1C)C(CC)OCC. The molecule has 0 aromatic heterocycles. The minimum absolute atomic E-state index is 0.206. The van der Waals surface area contributed by atoms with E-state index in [-0.39, 0.29) is 12.1 Å². The molecule has 0 saturated carbocycles. The topological polar surface area (TPSA) is 30.5 Å². The lowest BCUT2D eigenvalue weighted by Crippen LogP contribution is -2.34. The van der Waals surface area contributed by atoms with Gasteiger partial charge in [-0.05, 0) is 50.1 Å². The molecule has 0 spiro atoms. The average molecular weight is 265 g/mol. The van der Waals surface area contributed by atoms with Gasteiger partial charge in [0.25, 0.3) is 0 Å². The van der Waals surface area contributed by atoms with Crippen LogP contribution in [0.5, 0.6) is 5.75 Å². The summed E-state index contributed by atoms with van der Waals surface area (Å²) in [6.07, 6.45) is 1.20. The molecule has 3 nitrogen and oxygen atoms in total. The van der Waals surface area contributed by atoms with Crippen LogP contribution < -0.4 is 10.1 Å². The Balaban J connectivity index is 3.03. The van der Waals surface area contributed by atoms with E-state index in [1.54, 1.807) is 7.11 Å². The fourth-order valence-corrected chi connectivity index (χ4v) is 2.45. The lowest BCUT2D eigenvalue weighted by atomic mass is 9.95. The fourth-order valence-electron chi connectivity index (χ4n) is 2.45. The zero-order valence-corrected chi connectivity index (χ0v) is 12.8. The summed E-state index contributed by atoms with van der Waals surface area (Å²) in [5.41, 5.74) is 2.53. The van der Waals surface area contributed by atoms with Crippen LogP contribution in [0.2, 0.25) is 0 Å². The highest BCUT2D eigenvalue weighted by Crippen LogP contribution is 2.27. The molecule has 0 bridgehead atoms. The molecule has 0 amide bonds. The van der Waals surface area contributed by atoms with Crippen molar-refractivity contribution in [2.24, 2.45) is 0 Å². The van der Waals surface area contributed by atoms with Crippen LogP contribution in [0.3, 0.4) is 0 Å². The quantitative estimate of drug-likeness (QED) is 0.780. The highest BCUT2D eigenvalue weighted by atomic mass is 16.5. The third-order valence-corrected chi connectivity index (χ3v) is 3.39. The number of nitrogens with one attached hydrogen (secondary N) is 1. The second kappa shape index (κ2) is 8.18. The summed E-state index contributed by atoms with van der Waals surface area (Å²) >= 11 is 0. The summed E-state index contributed by atoms with van der Waals surface area (Å²) in [6.45, 7) is 10.1. The fraction of sp³-hybridized carbons (Fsp3) is 0.625. The number of likely N-dealkylation sites (N-methyl/N-ethyl adjacent to an activating group) is 1. The van der Waals surface area contributed by atoms with Crippen molar-refractivity contribution >= 4 is 0 Å². The molecule has 0 aliphatic carbocycles. The van der Waals surface area contributed by atoms with E-state index in [9.17, 15) is 0 Å². The predicted molar refractivity (Wildman–Crippen MR) is 79.9 cm³/mol. The highest BCUT2D eigenvalue weighted by molar-refractivity contribution is 5.37. The summed E-state index contributed by atoms with van der Waals surface area (Å²) in [5.74, 6) is 0.904. The van der Waals surface area contributed by atoms with E-state index in [2.05, 4.69) is 38.2 Å². The monoisotopic (exact) mass is 265 g/mol. The molecule has 2 atom stereocenters. The first-order chi connectivity index (χ1) is 9.17. The van der Waals surface area contributed by atoms with Crippen LogP contribution in [0.25, 0.3) is 0 Å². The van der Waals surface area contributed by atoms with Gasteiger partial charge in [-0.15, -0.1) is 0 Å². The van der Waals surface area contributed by atoms with Crippen LogP contribution in [0.1, 0.15) is 44.4 Å². The molecular weight excluding hydrogens is 238 g/mol. The first-order valence-electron chi connectivity index (χ1n) is 7.17. The number of hydrogen-bond acceptors (Lipinski definition) is 3. The van der Waals surface area contributed by atoms with Gasteiger partial charge in [0.05, 0.1) is 19.3 Å². The smallest absolute Gasteiger partial charge is 0.119 e. The van der Waals surface area contributed by atoms with E-state index in [0.29, 0.717) is 0 Å². The first-order valence-corrected chi connectivity index (χ1v) is 7.17. The normalized spacial score (nSPS) is 14.2. The van der Waals surface area contributed by atoms with E-state index >= 15 is 0 Å². The number of methoxy groups -OCH3 is 1. The van der Waals surface area contributed by atoms with Gasteiger partial charge in [0, 0.05) is 6.61 Å². The molecule has 0 aliphatic heterocycles. The molecule has 19 heavy (non-hydrogen) atoms. The van der Waals surface area contributed by atoms with Gasteiger partial charge in [-0.1, -0.05) is 19.9 Å². The molecule has 0 saturated heterocycles. The maximum atomic E-state index is 5.88. The lowest BCUT2D eigenvalue weighted by molar-refractivity contribution is 0.0316. The Bertz CT molecular complexity index is 379. The van der Waals surface area contributed by atoms with Crippen molar-refractivity contribution in [1.29, 1.82) is 0 Å². The molecule has 2 unspecified atom stereocenters. The predicted octanol–water partition coefficient (Wildman–Crippen LogP) is 3.47. The van der Waals surface area contributed by atoms with Gasteiger partial charge in [-0.2, -0.15) is 0 Å². The lowest BCUT2D eigenvalue weighted by Gasteiger charge is -2.28. The number of hydrogen-bond donors (Lipinski definition) is 1. The van der Waals surface area contributed by atoms with E-state index in [0.717, 1.165) is 25.3 Å². The van der Waals surface area contributed by atoms with Crippen LogP contribution >= 0.6 is 0 Å². The van der Waals surface area contributed by atoms with Crippen LogP contribution in [-0.4, -0.2) is 26.4 Å². The van der Waals surface area contributed by atoms with Crippen LogP contribution in [0.15, 0.2) is 18.2 Å². The van der Waals surface area contributed by atoms with Crippen LogP contribution in [-0.2, 0) is 4.74 Å². The van der Waals surface area contributed by atoms with E-state index in [4.69, 9.17) is 9.47 Å². The summed E-state index contributed by atoms with van der Waals surface area (Å²) < 4.78 is 11.2. The standard InChI is InChI=1S/C16H27NO2/c1-6-15(19-8-3)16(17-7-2)14-10-9-13(18-5)11-12(14)4/h9-11,15-17H,6-8H2,1-5H3. The number of benzene rings is 1. The van der Waals surface area contributed by atoms with Crippen LogP contribution in [0.4, 0.5) is 0 Å². The maximum absolute atomic E-state index is 5.88. The largest absolute Gasteiger partial charge is 0.497 e. The Labute approximate surface area is 117 Å². The molecule has 1 rings (SSSR count). The zero-order valence-electron chi connectivity index (χ0n) is 12.8. The van der Waals surface area contributed by atoms with Crippen molar-refractivity contribution < 1.29 is 9.47 Å². The minimum atomic E-state index is 0.206. The van der Waals surface area contributed by atoms with Gasteiger partial charge in [0.15, 0.2) is 0 Å². The van der Waals surface area contributed by atoms with E-state index in [1.807, 2.05) is 13.0 Å². The van der Waals surface area contributed by atoms with Crippen molar-refractivity contribution in [3.63, 3.8) is 0 Å². The molecule has 1 aromatic rings. The molecule has 108 valence electrons. The van der Waals surface area contributed by atoms with Crippen molar-refractivity contribution in [3.8, 4) is 5.75 Å². The summed E-state index contributed by atoms with van der Waals surface area (Å²) in [6, 6.07) is 6.48. The summed E-state index contributed by atoms with van der Waals surface area (Å²) in [4.78, 5) is 0. The Kier molecular flexibility index (Phi) is 6.89. The van der Waals surface area contributed by atoms with Gasteiger partial charge in [0.1, 0.15) is 5.75 Å². The summed E-state index contributed by atoms with van der Waals surface area (Å²) in [7, 11) is 1.70.